The molecule has 2 heterocycles. The zero-order valence-corrected chi connectivity index (χ0v) is 18.8. The van der Waals surface area contributed by atoms with E-state index in [9.17, 15) is 13.2 Å². The lowest BCUT2D eigenvalue weighted by Crippen LogP contribution is -2.49. The number of carbonyl (C=O) groups is 1. The number of hydrogen-bond donors (Lipinski definition) is 0. The number of anilines is 1. The fourth-order valence-electron chi connectivity index (χ4n) is 3.90. The molecule has 1 amide bonds. The van der Waals surface area contributed by atoms with Gasteiger partial charge >= 0.3 is 0 Å². The van der Waals surface area contributed by atoms with Gasteiger partial charge in [-0.2, -0.15) is 0 Å². The van der Waals surface area contributed by atoms with Crippen LogP contribution in [0.4, 0.5) is 11.4 Å². The van der Waals surface area contributed by atoms with Gasteiger partial charge in [0.15, 0.2) is 0 Å². The predicted octanol–water partition coefficient (Wildman–Crippen LogP) is 4.21. The lowest BCUT2D eigenvalue weighted by Gasteiger charge is -2.37. The second-order valence-electron chi connectivity index (χ2n) is 7.92. The Hall–Kier alpha value is -2.58. The van der Waals surface area contributed by atoms with Crippen LogP contribution in [0, 0.1) is 5.92 Å². The monoisotopic (exact) mass is 459 g/mol. The van der Waals surface area contributed by atoms with Crippen molar-refractivity contribution in [2.24, 2.45) is 10.9 Å². The van der Waals surface area contributed by atoms with Crippen LogP contribution in [0.2, 0.25) is 5.02 Å². The first-order chi connectivity index (χ1) is 14.8. The summed E-state index contributed by atoms with van der Waals surface area (Å²) in [7, 11) is -3.74. The van der Waals surface area contributed by atoms with Crippen LogP contribution in [0.3, 0.4) is 0 Å². The number of nitrogens with zero attached hydrogens (tertiary/aromatic N) is 4. The SMILES string of the molecule is CC(CC(=O)N1CCN(c2cccc(Cl)c2)CC1)CC1=Nc2ccccc2S(=O)(=O)[N-]1. The Morgan fingerprint density at radius 2 is 1.87 bits per heavy atom. The van der Waals surface area contributed by atoms with Crippen LogP contribution in [0.1, 0.15) is 19.8 Å². The van der Waals surface area contributed by atoms with Crippen LogP contribution < -0.4 is 4.90 Å². The molecular formula is C22H24ClN4O3S-. The Morgan fingerprint density at radius 3 is 2.61 bits per heavy atom. The quantitative estimate of drug-likeness (QED) is 0.670. The maximum atomic E-state index is 12.8. The van der Waals surface area contributed by atoms with Crippen molar-refractivity contribution in [3.8, 4) is 0 Å². The molecule has 0 aromatic heterocycles. The average Bonchev–Trinajstić information content (AvgIpc) is 2.73. The Bertz CT molecular complexity index is 1110. The smallest absolute Gasteiger partial charge is 0.222 e. The minimum atomic E-state index is -3.74. The molecule has 31 heavy (non-hydrogen) atoms. The highest BCUT2D eigenvalue weighted by molar-refractivity contribution is 7.95. The number of para-hydroxylation sites is 1. The van der Waals surface area contributed by atoms with Gasteiger partial charge in [-0.1, -0.05) is 48.6 Å². The number of rotatable bonds is 5. The van der Waals surface area contributed by atoms with Crippen molar-refractivity contribution in [2.45, 2.75) is 24.7 Å². The van der Waals surface area contributed by atoms with E-state index in [-0.39, 0.29) is 22.6 Å². The minimum absolute atomic E-state index is 0.0675. The van der Waals surface area contributed by atoms with Crippen molar-refractivity contribution in [2.75, 3.05) is 31.1 Å². The van der Waals surface area contributed by atoms with Crippen molar-refractivity contribution in [3.63, 3.8) is 0 Å². The normalized spacial score (nSPS) is 18.6. The zero-order chi connectivity index (χ0) is 22.0. The van der Waals surface area contributed by atoms with Crippen LogP contribution in [0.5, 0.6) is 0 Å². The number of amides is 1. The van der Waals surface area contributed by atoms with Gasteiger partial charge in [0.05, 0.1) is 4.90 Å². The molecule has 0 radical (unpaired) electrons. The fraction of sp³-hybridized carbons (Fsp3) is 0.364. The molecule has 164 valence electrons. The minimum Gasteiger partial charge on any atom is -0.438 e. The van der Waals surface area contributed by atoms with Crippen LogP contribution in [0.25, 0.3) is 4.72 Å². The highest BCUT2D eigenvalue weighted by atomic mass is 35.5. The van der Waals surface area contributed by atoms with Crippen molar-refractivity contribution >= 4 is 44.7 Å². The largest absolute Gasteiger partial charge is 0.438 e. The van der Waals surface area contributed by atoms with Crippen LogP contribution in [-0.4, -0.2) is 51.2 Å². The highest BCUT2D eigenvalue weighted by Crippen LogP contribution is 2.34. The molecule has 2 aliphatic rings. The molecular weight excluding hydrogens is 436 g/mol. The molecule has 1 saturated heterocycles. The first-order valence-electron chi connectivity index (χ1n) is 10.2. The molecule has 0 saturated carbocycles. The number of amidine groups is 1. The second kappa shape index (κ2) is 8.88. The molecule has 1 atom stereocenters. The predicted molar refractivity (Wildman–Crippen MR) is 123 cm³/mol. The maximum absolute atomic E-state index is 12.8. The fourth-order valence-corrected chi connectivity index (χ4v) is 5.20. The van der Waals surface area contributed by atoms with Crippen LogP contribution in [-0.2, 0) is 14.8 Å². The van der Waals surface area contributed by atoms with Gasteiger partial charge in [0.2, 0.25) is 15.9 Å². The molecule has 2 aromatic carbocycles. The number of piperazine rings is 1. The summed E-state index contributed by atoms with van der Waals surface area (Å²) in [6.07, 6.45) is 0.662. The standard InChI is InChI=1S/C22H24ClN4O3S/c1-16(13-21-24-19-7-2-3-8-20(19)31(29,30)25-21)14-22(28)27-11-9-26(10-12-27)18-6-4-5-17(23)15-18/h2-8,15-16H,9-14H2,1H3/q-1. The summed E-state index contributed by atoms with van der Waals surface area (Å²) >= 11 is 6.08. The van der Waals surface area contributed by atoms with E-state index in [1.54, 1.807) is 18.2 Å². The zero-order valence-electron chi connectivity index (χ0n) is 17.2. The molecule has 4 rings (SSSR count). The van der Waals surface area contributed by atoms with Crippen LogP contribution in [0.15, 0.2) is 58.4 Å². The van der Waals surface area contributed by atoms with Gasteiger partial charge in [-0.05, 0) is 42.3 Å². The number of hydrogen-bond acceptors (Lipinski definition) is 5. The number of benzene rings is 2. The molecule has 1 unspecified atom stereocenters. The van der Waals surface area contributed by atoms with E-state index in [0.29, 0.717) is 36.6 Å². The molecule has 0 bridgehead atoms. The van der Waals surface area contributed by atoms with Gasteiger partial charge in [0.25, 0.3) is 0 Å². The van der Waals surface area contributed by atoms with E-state index in [0.717, 1.165) is 18.8 Å². The van der Waals surface area contributed by atoms with Crippen molar-refractivity contribution in [1.29, 1.82) is 0 Å². The first-order valence-corrected chi connectivity index (χ1v) is 12.1. The molecule has 2 aliphatic heterocycles. The third kappa shape index (κ3) is 5.02. The number of aliphatic imine (C=N–C) groups is 1. The van der Waals surface area contributed by atoms with Gasteiger partial charge in [-0.25, -0.2) is 8.42 Å². The molecule has 0 N–H and O–H groups in total. The van der Waals surface area contributed by atoms with Gasteiger partial charge in [-0.15, -0.1) is 0 Å². The molecule has 0 aliphatic carbocycles. The van der Waals surface area contributed by atoms with E-state index in [1.165, 1.54) is 6.07 Å². The molecule has 9 heteroatoms. The third-order valence-corrected chi connectivity index (χ3v) is 7.07. The van der Waals surface area contributed by atoms with E-state index >= 15 is 0 Å². The highest BCUT2D eigenvalue weighted by Gasteiger charge is 2.24. The van der Waals surface area contributed by atoms with Crippen molar-refractivity contribution < 1.29 is 13.2 Å². The Kier molecular flexibility index (Phi) is 6.20. The maximum Gasteiger partial charge on any atom is 0.222 e. The lowest BCUT2D eigenvalue weighted by molar-refractivity contribution is -0.132. The lowest BCUT2D eigenvalue weighted by atomic mass is 10.0. The Balaban J connectivity index is 1.32. The van der Waals surface area contributed by atoms with E-state index in [2.05, 4.69) is 14.6 Å². The second-order valence-corrected chi connectivity index (χ2v) is 9.93. The average molecular weight is 460 g/mol. The number of fused-ring (bicyclic) bond motifs is 1. The Morgan fingerprint density at radius 1 is 1.13 bits per heavy atom. The summed E-state index contributed by atoms with van der Waals surface area (Å²) in [5, 5.41) is 0.700. The number of halogens is 1. The molecule has 2 aromatic rings. The molecule has 0 spiro atoms. The summed E-state index contributed by atoms with van der Waals surface area (Å²) in [5.74, 6) is 0.254. The van der Waals surface area contributed by atoms with Crippen molar-refractivity contribution in [1.82, 2.24) is 4.90 Å². The van der Waals surface area contributed by atoms with Gasteiger partial charge < -0.3 is 19.5 Å². The van der Waals surface area contributed by atoms with Gasteiger partial charge in [-0.3, -0.25) is 4.79 Å². The molecule has 1 fully saturated rings. The van der Waals surface area contributed by atoms with E-state index in [4.69, 9.17) is 11.6 Å². The third-order valence-electron chi connectivity index (χ3n) is 5.48. The van der Waals surface area contributed by atoms with E-state index in [1.807, 2.05) is 36.1 Å². The summed E-state index contributed by atoms with van der Waals surface area (Å²) in [5.41, 5.74) is 1.47. The Labute approximate surface area is 187 Å². The van der Waals surface area contributed by atoms with Gasteiger partial charge in [0.1, 0.15) is 0 Å². The number of sulfonamides is 1. The summed E-state index contributed by atoms with van der Waals surface area (Å²) < 4.78 is 28.6. The van der Waals surface area contributed by atoms with Crippen LogP contribution >= 0.6 is 11.6 Å². The first kappa shape index (κ1) is 21.6. The summed E-state index contributed by atoms with van der Waals surface area (Å²) in [6.45, 7) is 4.70. The molecule has 7 nitrogen and oxygen atoms in total. The number of carbonyl (C=O) groups excluding carboxylic acids is 1. The summed E-state index contributed by atoms with van der Waals surface area (Å²) in [6, 6.07) is 14.3. The van der Waals surface area contributed by atoms with E-state index < -0.39 is 10.0 Å². The topological polar surface area (TPSA) is 84.2 Å². The van der Waals surface area contributed by atoms with Crippen molar-refractivity contribution in [3.05, 3.63) is 58.3 Å². The summed E-state index contributed by atoms with van der Waals surface area (Å²) in [4.78, 5) is 21.4. The van der Waals surface area contributed by atoms with Gasteiger partial charge in [0, 0.05) is 43.3 Å².